The maximum Gasteiger partial charge on any atom is 0.244 e. The van der Waals surface area contributed by atoms with E-state index in [0.717, 1.165) is 19.4 Å². The van der Waals surface area contributed by atoms with E-state index in [9.17, 15) is 14.1 Å². The van der Waals surface area contributed by atoms with Crippen LogP contribution in [-0.2, 0) is 24.5 Å². The van der Waals surface area contributed by atoms with Crippen LogP contribution in [-0.4, -0.2) is 56.6 Å². The van der Waals surface area contributed by atoms with Gasteiger partial charge < -0.3 is 14.4 Å². The normalized spacial score (nSPS) is 20.7. The Bertz CT molecular complexity index is 731. The average Bonchev–Trinajstić information content (AvgIpc) is 3.24. The summed E-state index contributed by atoms with van der Waals surface area (Å²) in [6, 6.07) is 1.57. The van der Waals surface area contributed by atoms with Gasteiger partial charge in [0.15, 0.2) is 0 Å². The highest BCUT2D eigenvalue weighted by Crippen LogP contribution is 2.27. The molecule has 0 aromatic carbocycles. The number of aliphatic hydroxyl groups excluding tert-OH is 1. The molecular weight excluding hydrogens is 356 g/mol. The second kappa shape index (κ2) is 7.70. The third-order valence-electron chi connectivity index (χ3n) is 5.19. The van der Waals surface area contributed by atoms with E-state index < -0.39 is 25.6 Å². The SMILES string of the molecule is C=S(=O)(CC[C@@H]1CCOC1)C(C)(C)C(=O)Nc1cc(C(C)(C)CO)no1. The molecule has 1 aromatic heterocycles. The van der Waals surface area contributed by atoms with Crippen molar-refractivity contribution < 1.29 is 23.4 Å². The first kappa shape index (κ1) is 20.9. The Morgan fingerprint density at radius 1 is 1.46 bits per heavy atom. The molecule has 0 bridgehead atoms. The molecule has 0 radical (unpaired) electrons. The van der Waals surface area contributed by atoms with E-state index in [2.05, 4.69) is 16.3 Å². The quantitative estimate of drug-likeness (QED) is 0.661. The van der Waals surface area contributed by atoms with E-state index in [4.69, 9.17) is 9.26 Å². The lowest BCUT2D eigenvalue weighted by atomic mass is 9.91. The number of anilines is 1. The van der Waals surface area contributed by atoms with Gasteiger partial charge in [-0.15, -0.1) is 0 Å². The number of rotatable bonds is 8. The number of carbonyl (C=O) groups excluding carboxylic acids is 1. The Morgan fingerprint density at radius 2 is 2.15 bits per heavy atom. The Morgan fingerprint density at radius 3 is 2.73 bits per heavy atom. The number of ether oxygens (including phenoxy) is 1. The van der Waals surface area contributed by atoms with Gasteiger partial charge in [0.25, 0.3) is 0 Å². The number of aliphatic hydroxyl groups is 1. The number of amides is 1. The molecule has 26 heavy (non-hydrogen) atoms. The van der Waals surface area contributed by atoms with Crippen LogP contribution in [0.15, 0.2) is 10.6 Å². The van der Waals surface area contributed by atoms with E-state index in [0.29, 0.717) is 24.0 Å². The molecule has 8 heteroatoms. The number of nitrogens with one attached hydrogen (secondary N) is 1. The highest BCUT2D eigenvalue weighted by Gasteiger charge is 2.38. The van der Waals surface area contributed by atoms with Gasteiger partial charge in [0.1, 0.15) is 4.75 Å². The van der Waals surface area contributed by atoms with Crippen molar-refractivity contribution in [2.24, 2.45) is 5.92 Å². The van der Waals surface area contributed by atoms with Crippen LogP contribution < -0.4 is 5.32 Å². The molecule has 1 fully saturated rings. The summed E-state index contributed by atoms with van der Waals surface area (Å²) in [6.45, 7) is 8.23. The molecular formula is C18H30N2O5S. The molecule has 1 aliphatic rings. The van der Waals surface area contributed by atoms with Crippen molar-refractivity contribution in [3.63, 3.8) is 0 Å². The number of nitrogens with zero attached hydrogens (tertiary/aromatic N) is 1. The first-order valence-electron chi connectivity index (χ1n) is 8.81. The van der Waals surface area contributed by atoms with Gasteiger partial charge in [-0.25, -0.2) is 0 Å². The smallest absolute Gasteiger partial charge is 0.244 e. The van der Waals surface area contributed by atoms with Crippen molar-refractivity contribution in [2.75, 3.05) is 30.9 Å². The zero-order chi connectivity index (χ0) is 19.6. The minimum atomic E-state index is -2.66. The number of hydrogen-bond donors (Lipinski definition) is 2. The molecule has 2 rings (SSSR count). The minimum Gasteiger partial charge on any atom is -0.395 e. The van der Waals surface area contributed by atoms with Gasteiger partial charge in [0.2, 0.25) is 11.8 Å². The van der Waals surface area contributed by atoms with Gasteiger partial charge in [-0.05, 0) is 48.0 Å². The Labute approximate surface area is 155 Å². The standard InChI is InChI=1S/C18H30N2O5S/c1-17(2,12-21)14-10-15(25-20-14)19-16(22)18(3,4)26(5,23)9-7-13-6-8-24-11-13/h10,13,21H,5-9,11-12H2,1-4H3,(H,19,22)/t13-,26?/m0/s1. The van der Waals surface area contributed by atoms with Crippen LogP contribution in [0.2, 0.25) is 0 Å². The maximum absolute atomic E-state index is 13.1. The summed E-state index contributed by atoms with van der Waals surface area (Å²) in [5, 5.41) is 15.9. The van der Waals surface area contributed by atoms with Crippen molar-refractivity contribution in [1.82, 2.24) is 5.16 Å². The zero-order valence-corrected chi connectivity index (χ0v) is 16.9. The molecule has 1 amide bonds. The van der Waals surface area contributed by atoms with Crippen molar-refractivity contribution in [2.45, 2.75) is 50.7 Å². The van der Waals surface area contributed by atoms with Gasteiger partial charge in [-0.3, -0.25) is 14.3 Å². The highest BCUT2D eigenvalue weighted by atomic mass is 32.2. The molecule has 1 saturated heterocycles. The topological polar surface area (TPSA) is 102 Å². The molecule has 0 saturated carbocycles. The lowest BCUT2D eigenvalue weighted by molar-refractivity contribution is -0.117. The van der Waals surface area contributed by atoms with Gasteiger partial charge in [0, 0.05) is 30.4 Å². The Balaban J connectivity index is 2.04. The predicted octanol–water partition coefficient (Wildman–Crippen LogP) is 1.80. The van der Waals surface area contributed by atoms with E-state index in [1.807, 2.05) is 13.8 Å². The van der Waals surface area contributed by atoms with Gasteiger partial charge >= 0.3 is 0 Å². The maximum atomic E-state index is 13.1. The lowest BCUT2D eigenvalue weighted by Crippen LogP contribution is -2.45. The number of carbonyl (C=O) groups is 1. The van der Waals surface area contributed by atoms with Crippen LogP contribution in [0.25, 0.3) is 0 Å². The lowest BCUT2D eigenvalue weighted by Gasteiger charge is -2.28. The summed E-state index contributed by atoms with van der Waals surface area (Å²) in [4.78, 5) is 12.7. The Hall–Kier alpha value is -1.38. The summed E-state index contributed by atoms with van der Waals surface area (Å²) in [5.74, 6) is 4.37. The summed E-state index contributed by atoms with van der Waals surface area (Å²) < 4.78 is 22.4. The highest BCUT2D eigenvalue weighted by molar-refractivity contribution is 8.02. The largest absolute Gasteiger partial charge is 0.395 e. The molecule has 2 N–H and O–H groups in total. The first-order valence-corrected chi connectivity index (χ1v) is 10.7. The van der Waals surface area contributed by atoms with Crippen LogP contribution in [0.4, 0.5) is 5.88 Å². The molecule has 7 nitrogen and oxygen atoms in total. The summed E-state index contributed by atoms with van der Waals surface area (Å²) in [5.41, 5.74) is -0.0460. The molecule has 0 aliphatic carbocycles. The number of hydrogen-bond acceptors (Lipinski definition) is 6. The van der Waals surface area contributed by atoms with Crippen LogP contribution >= 0.6 is 0 Å². The molecule has 0 spiro atoms. The Kier molecular flexibility index (Phi) is 6.20. The fraction of sp³-hybridized carbons (Fsp3) is 0.722. The van der Waals surface area contributed by atoms with E-state index in [-0.39, 0.29) is 12.5 Å². The van der Waals surface area contributed by atoms with Crippen molar-refractivity contribution in [3.05, 3.63) is 11.8 Å². The fourth-order valence-electron chi connectivity index (χ4n) is 2.59. The van der Waals surface area contributed by atoms with Crippen molar-refractivity contribution in [1.29, 1.82) is 0 Å². The van der Waals surface area contributed by atoms with Crippen LogP contribution in [0.5, 0.6) is 0 Å². The second-order valence-corrected chi connectivity index (χ2v) is 11.2. The van der Waals surface area contributed by atoms with Gasteiger partial charge in [0.05, 0.1) is 12.3 Å². The summed E-state index contributed by atoms with van der Waals surface area (Å²) >= 11 is 0. The van der Waals surface area contributed by atoms with E-state index >= 15 is 0 Å². The van der Waals surface area contributed by atoms with E-state index in [1.54, 1.807) is 19.9 Å². The van der Waals surface area contributed by atoms with Crippen LogP contribution in [0, 0.1) is 5.92 Å². The van der Waals surface area contributed by atoms with Crippen molar-refractivity contribution >= 4 is 27.2 Å². The third kappa shape index (κ3) is 4.47. The third-order valence-corrected chi connectivity index (χ3v) is 8.13. The monoisotopic (exact) mass is 386 g/mol. The fourth-order valence-corrected chi connectivity index (χ4v) is 4.20. The molecule has 1 aromatic rings. The van der Waals surface area contributed by atoms with Crippen molar-refractivity contribution in [3.8, 4) is 0 Å². The predicted molar refractivity (Wildman–Crippen MR) is 103 cm³/mol. The second-order valence-electron chi connectivity index (χ2n) is 8.12. The molecule has 2 heterocycles. The summed E-state index contributed by atoms with van der Waals surface area (Å²) in [7, 11) is -2.66. The first-order chi connectivity index (χ1) is 12.0. The molecule has 2 atom stereocenters. The molecule has 1 unspecified atom stereocenters. The zero-order valence-electron chi connectivity index (χ0n) is 16.0. The van der Waals surface area contributed by atoms with Gasteiger partial charge in [-0.1, -0.05) is 19.0 Å². The van der Waals surface area contributed by atoms with Gasteiger partial charge in [-0.2, -0.15) is 0 Å². The minimum absolute atomic E-state index is 0.101. The summed E-state index contributed by atoms with van der Waals surface area (Å²) in [6.07, 6.45) is 1.69. The molecule has 148 valence electrons. The van der Waals surface area contributed by atoms with E-state index in [1.165, 1.54) is 0 Å². The number of aromatic nitrogens is 1. The molecule has 1 aliphatic heterocycles. The van der Waals surface area contributed by atoms with Crippen LogP contribution in [0.1, 0.15) is 46.2 Å². The van der Waals surface area contributed by atoms with Crippen LogP contribution in [0.3, 0.4) is 0 Å². The average molecular weight is 387 g/mol.